The van der Waals surface area contributed by atoms with E-state index >= 15 is 0 Å². The van der Waals surface area contributed by atoms with Gasteiger partial charge in [0.1, 0.15) is 0 Å². The van der Waals surface area contributed by atoms with Gasteiger partial charge in [-0.05, 0) is 40.0 Å². The van der Waals surface area contributed by atoms with E-state index in [0.717, 1.165) is 17.4 Å². The zero-order chi connectivity index (χ0) is 13.8. The highest BCUT2D eigenvalue weighted by Crippen LogP contribution is 2.34. The molecule has 1 aromatic carbocycles. The lowest BCUT2D eigenvalue weighted by Gasteiger charge is -2.19. The van der Waals surface area contributed by atoms with E-state index in [2.05, 4.69) is 55.3 Å². The number of para-hydroxylation sites is 1. The number of rotatable bonds is 5. The standard InChI is InChI=1S/C15H21N3S/c1-5-18(13-9-7-6-8-10-13)15-17-12(3)14(19-15)11(2)16-4/h6-11,16H,5H2,1-4H3. The molecular formula is C15H21N3S. The fourth-order valence-electron chi connectivity index (χ4n) is 2.08. The van der Waals surface area contributed by atoms with Crippen LogP contribution < -0.4 is 10.2 Å². The fraction of sp³-hybridized carbons (Fsp3) is 0.400. The number of thiazole rings is 1. The van der Waals surface area contributed by atoms with Crippen molar-refractivity contribution in [2.45, 2.75) is 26.8 Å². The van der Waals surface area contributed by atoms with Crippen molar-refractivity contribution in [2.24, 2.45) is 0 Å². The molecule has 2 rings (SSSR count). The minimum absolute atomic E-state index is 0.348. The molecule has 1 heterocycles. The lowest BCUT2D eigenvalue weighted by Crippen LogP contribution is -2.15. The summed E-state index contributed by atoms with van der Waals surface area (Å²) in [6.07, 6.45) is 0. The third-order valence-corrected chi connectivity index (χ3v) is 4.63. The molecule has 1 aromatic heterocycles. The molecule has 1 atom stereocenters. The van der Waals surface area contributed by atoms with Gasteiger partial charge in [-0.15, -0.1) is 0 Å². The Kier molecular flexibility index (Phi) is 4.56. The predicted octanol–water partition coefficient (Wildman–Crippen LogP) is 3.89. The Bertz CT molecular complexity index is 521. The molecule has 0 aliphatic rings. The third-order valence-electron chi connectivity index (χ3n) is 3.26. The van der Waals surface area contributed by atoms with E-state index in [1.54, 1.807) is 11.3 Å². The van der Waals surface area contributed by atoms with E-state index in [1.165, 1.54) is 10.6 Å². The fourth-order valence-corrected chi connectivity index (χ4v) is 3.29. The quantitative estimate of drug-likeness (QED) is 0.897. The Morgan fingerprint density at radius 2 is 2.00 bits per heavy atom. The van der Waals surface area contributed by atoms with Gasteiger partial charge in [-0.3, -0.25) is 0 Å². The molecule has 0 fully saturated rings. The average Bonchev–Trinajstić information content (AvgIpc) is 2.82. The summed E-state index contributed by atoms with van der Waals surface area (Å²) in [5, 5.41) is 4.36. The highest BCUT2D eigenvalue weighted by Gasteiger charge is 2.17. The van der Waals surface area contributed by atoms with Gasteiger partial charge >= 0.3 is 0 Å². The number of hydrogen-bond acceptors (Lipinski definition) is 4. The van der Waals surface area contributed by atoms with Crippen molar-refractivity contribution in [3.8, 4) is 0 Å². The van der Waals surface area contributed by atoms with E-state index in [-0.39, 0.29) is 0 Å². The van der Waals surface area contributed by atoms with Gasteiger partial charge in [0.15, 0.2) is 5.13 Å². The van der Waals surface area contributed by atoms with Gasteiger partial charge < -0.3 is 10.2 Å². The van der Waals surface area contributed by atoms with Crippen LogP contribution in [0.1, 0.15) is 30.5 Å². The van der Waals surface area contributed by atoms with Crippen molar-refractivity contribution in [3.63, 3.8) is 0 Å². The van der Waals surface area contributed by atoms with Crippen LogP contribution in [-0.2, 0) is 0 Å². The number of anilines is 2. The van der Waals surface area contributed by atoms with Crippen LogP contribution in [0.25, 0.3) is 0 Å². The first-order valence-electron chi connectivity index (χ1n) is 6.64. The largest absolute Gasteiger partial charge is 0.318 e. The molecular weight excluding hydrogens is 254 g/mol. The first-order chi connectivity index (χ1) is 9.17. The van der Waals surface area contributed by atoms with Crippen LogP contribution in [0.4, 0.5) is 10.8 Å². The van der Waals surface area contributed by atoms with Crippen LogP contribution in [0, 0.1) is 6.92 Å². The van der Waals surface area contributed by atoms with Crippen LogP contribution >= 0.6 is 11.3 Å². The monoisotopic (exact) mass is 275 g/mol. The molecule has 19 heavy (non-hydrogen) atoms. The number of hydrogen-bond donors (Lipinski definition) is 1. The Balaban J connectivity index is 2.35. The van der Waals surface area contributed by atoms with Crippen molar-refractivity contribution < 1.29 is 0 Å². The van der Waals surface area contributed by atoms with E-state index in [4.69, 9.17) is 4.98 Å². The molecule has 0 aliphatic carbocycles. The minimum Gasteiger partial charge on any atom is -0.318 e. The van der Waals surface area contributed by atoms with Crippen molar-refractivity contribution in [3.05, 3.63) is 40.9 Å². The molecule has 1 unspecified atom stereocenters. The average molecular weight is 275 g/mol. The highest BCUT2D eigenvalue weighted by molar-refractivity contribution is 7.15. The van der Waals surface area contributed by atoms with Crippen LogP contribution in [-0.4, -0.2) is 18.6 Å². The maximum absolute atomic E-state index is 4.73. The molecule has 0 saturated heterocycles. The van der Waals surface area contributed by atoms with E-state index in [1.807, 2.05) is 13.1 Å². The Labute approximate surface area is 119 Å². The molecule has 0 radical (unpaired) electrons. The van der Waals surface area contributed by atoms with Crippen LogP contribution in [0.3, 0.4) is 0 Å². The zero-order valence-corrected chi connectivity index (χ0v) is 12.8. The van der Waals surface area contributed by atoms with Gasteiger partial charge in [0.2, 0.25) is 0 Å². The van der Waals surface area contributed by atoms with Crippen LogP contribution in [0.2, 0.25) is 0 Å². The summed E-state index contributed by atoms with van der Waals surface area (Å²) in [6, 6.07) is 10.8. The Morgan fingerprint density at radius 1 is 1.32 bits per heavy atom. The van der Waals surface area contributed by atoms with E-state index in [0.29, 0.717) is 6.04 Å². The second-order valence-electron chi connectivity index (χ2n) is 4.54. The van der Waals surface area contributed by atoms with E-state index < -0.39 is 0 Å². The first-order valence-corrected chi connectivity index (χ1v) is 7.46. The van der Waals surface area contributed by atoms with Gasteiger partial charge in [0, 0.05) is 23.2 Å². The van der Waals surface area contributed by atoms with Gasteiger partial charge in [-0.1, -0.05) is 29.5 Å². The maximum Gasteiger partial charge on any atom is 0.190 e. The summed E-state index contributed by atoms with van der Waals surface area (Å²) in [5.74, 6) is 0. The molecule has 2 aromatic rings. The van der Waals surface area contributed by atoms with Gasteiger partial charge in [-0.2, -0.15) is 0 Å². The normalized spacial score (nSPS) is 12.4. The molecule has 0 saturated carbocycles. The second kappa shape index (κ2) is 6.17. The summed E-state index contributed by atoms with van der Waals surface area (Å²) in [7, 11) is 1.98. The van der Waals surface area contributed by atoms with Crippen LogP contribution in [0.15, 0.2) is 30.3 Å². The van der Waals surface area contributed by atoms with Crippen molar-refractivity contribution in [1.82, 2.24) is 10.3 Å². The SMILES string of the molecule is CCN(c1ccccc1)c1nc(C)c(C(C)NC)s1. The predicted molar refractivity (Wildman–Crippen MR) is 83.4 cm³/mol. The molecule has 3 nitrogen and oxygen atoms in total. The number of aromatic nitrogens is 1. The number of benzene rings is 1. The molecule has 0 bridgehead atoms. The minimum atomic E-state index is 0.348. The Hall–Kier alpha value is -1.39. The van der Waals surface area contributed by atoms with Gasteiger partial charge in [0.05, 0.1) is 5.69 Å². The van der Waals surface area contributed by atoms with Gasteiger partial charge in [-0.25, -0.2) is 4.98 Å². The molecule has 0 aliphatic heterocycles. The van der Waals surface area contributed by atoms with Crippen molar-refractivity contribution in [1.29, 1.82) is 0 Å². The molecule has 102 valence electrons. The number of nitrogens with zero attached hydrogens (tertiary/aromatic N) is 2. The summed E-state index contributed by atoms with van der Waals surface area (Å²) in [5.41, 5.74) is 2.32. The Morgan fingerprint density at radius 3 is 2.58 bits per heavy atom. The molecule has 0 spiro atoms. The highest BCUT2D eigenvalue weighted by atomic mass is 32.1. The lowest BCUT2D eigenvalue weighted by molar-refractivity contribution is 0.658. The second-order valence-corrected chi connectivity index (χ2v) is 5.55. The maximum atomic E-state index is 4.73. The summed E-state index contributed by atoms with van der Waals surface area (Å²) in [4.78, 5) is 8.30. The number of aryl methyl sites for hydroxylation is 1. The molecule has 1 N–H and O–H groups in total. The summed E-state index contributed by atoms with van der Waals surface area (Å²) >= 11 is 1.77. The lowest BCUT2D eigenvalue weighted by atomic mass is 10.2. The van der Waals surface area contributed by atoms with Gasteiger partial charge in [0.25, 0.3) is 0 Å². The summed E-state index contributed by atoms with van der Waals surface area (Å²) in [6.45, 7) is 7.33. The molecule has 4 heteroatoms. The topological polar surface area (TPSA) is 28.2 Å². The summed E-state index contributed by atoms with van der Waals surface area (Å²) < 4.78 is 0. The third kappa shape index (κ3) is 2.96. The zero-order valence-electron chi connectivity index (χ0n) is 12.0. The van der Waals surface area contributed by atoms with E-state index in [9.17, 15) is 0 Å². The number of nitrogens with one attached hydrogen (secondary N) is 1. The van der Waals surface area contributed by atoms with Crippen molar-refractivity contribution in [2.75, 3.05) is 18.5 Å². The van der Waals surface area contributed by atoms with Crippen LogP contribution in [0.5, 0.6) is 0 Å². The smallest absolute Gasteiger partial charge is 0.190 e. The van der Waals surface area contributed by atoms with Crippen molar-refractivity contribution >= 4 is 22.2 Å². The molecule has 0 amide bonds. The first kappa shape index (κ1) is 14.0.